The fraction of sp³-hybridized carbons (Fsp3) is 0.529. The van der Waals surface area contributed by atoms with E-state index in [1.807, 2.05) is 32.9 Å². The number of piperazine rings is 1. The summed E-state index contributed by atoms with van der Waals surface area (Å²) < 4.78 is 0. The van der Waals surface area contributed by atoms with Crippen LogP contribution in [0.1, 0.15) is 20.8 Å². The highest BCUT2D eigenvalue weighted by Gasteiger charge is 2.22. The molecule has 0 unspecified atom stereocenters. The van der Waals surface area contributed by atoms with E-state index in [1.165, 1.54) is 11.8 Å². The molecule has 2 N–H and O–H groups in total. The molecule has 1 aromatic carbocycles. The van der Waals surface area contributed by atoms with Gasteiger partial charge >= 0.3 is 0 Å². The van der Waals surface area contributed by atoms with E-state index in [9.17, 15) is 4.79 Å². The minimum absolute atomic E-state index is 0. The lowest BCUT2D eigenvalue weighted by molar-refractivity contribution is -0.123. The number of H-pyrrole nitrogens is 1. The predicted octanol–water partition coefficient (Wildman–Crippen LogP) is 4.18. The molecule has 0 amide bonds. The Morgan fingerprint density at radius 2 is 1.92 bits per heavy atom. The first-order valence-corrected chi connectivity index (χ1v) is 9.52. The molecule has 0 saturated carbocycles. The molecule has 26 heavy (non-hydrogen) atoms. The van der Waals surface area contributed by atoms with Crippen molar-refractivity contribution in [3.63, 3.8) is 0 Å². The number of nitrogens with one attached hydrogen (secondary N) is 2. The number of anilines is 1. The Kier molecular flexibility index (Phi) is 8.55. The average Bonchev–Trinajstić information content (AvgIpc) is 2.93. The van der Waals surface area contributed by atoms with Crippen LogP contribution in [0.15, 0.2) is 17.3 Å². The molecular formula is C17H25Cl3N4OS. The van der Waals surface area contributed by atoms with Gasteiger partial charge in [0, 0.05) is 31.6 Å². The average molecular weight is 440 g/mol. The third kappa shape index (κ3) is 5.42. The first-order valence-electron chi connectivity index (χ1n) is 8.15. The van der Waals surface area contributed by atoms with E-state index in [1.54, 1.807) is 0 Å². The van der Waals surface area contributed by atoms with Crippen molar-refractivity contribution in [1.29, 1.82) is 0 Å². The van der Waals surface area contributed by atoms with Crippen LogP contribution in [0.2, 0.25) is 5.02 Å². The Balaban J connectivity index is 0.00000169. The lowest BCUT2D eigenvalue weighted by atomic mass is 9.92. The van der Waals surface area contributed by atoms with Gasteiger partial charge in [0.1, 0.15) is 5.78 Å². The Bertz CT molecular complexity index is 754. The van der Waals surface area contributed by atoms with Crippen LogP contribution in [0.4, 0.5) is 5.69 Å². The summed E-state index contributed by atoms with van der Waals surface area (Å²) in [7, 11) is 0. The molecule has 1 aliphatic rings. The molecule has 0 aliphatic carbocycles. The normalized spacial score (nSPS) is 14.7. The number of nitrogens with zero attached hydrogens (tertiary/aromatic N) is 2. The summed E-state index contributed by atoms with van der Waals surface area (Å²) in [6.07, 6.45) is 0. The van der Waals surface area contributed by atoms with Crippen molar-refractivity contribution in [3.8, 4) is 0 Å². The molecule has 2 heterocycles. The van der Waals surface area contributed by atoms with Gasteiger partial charge in [0.05, 0.1) is 27.5 Å². The molecule has 1 saturated heterocycles. The largest absolute Gasteiger partial charge is 0.368 e. The van der Waals surface area contributed by atoms with Crippen molar-refractivity contribution in [1.82, 2.24) is 15.3 Å². The van der Waals surface area contributed by atoms with E-state index in [0.717, 1.165) is 53.1 Å². The number of hydrogen-bond donors (Lipinski definition) is 2. The Hall–Kier alpha value is -0.660. The van der Waals surface area contributed by atoms with Gasteiger partial charge in [-0.2, -0.15) is 0 Å². The number of rotatable bonds is 4. The van der Waals surface area contributed by atoms with Gasteiger partial charge in [0.15, 0.2) is 5.16 Å². The van der Waals surface area contributed by atoms with Crippen LogP contribution in [-0.4, -0.2) is 47.7 Å². The number of aromatic nitrogens is 2. The number of halogens is 3. The number of carbonyl (C=O) groups excluding carboxylic acids is 1. The molecule has 2 aromatic rings. The highest BCUT2D eigenvalue weighted by atomic mass is 35.5. The van der Waals surface area contributed by atoms with Gasteiger partial charge in [-0.05, 0) is 12.1 Å². The molecule has 1 fully saturated rings. The topological polar surface area (TPSA) is 61.0 Å². The maximum atomic E-state index is 12.1. The molecule has 1 aromatic heterocycles. The van der Waals surface area contributed by atoms with Gasteiger partial charge < -0.3 is 15.2 Å². The van der Waals surface area contributed by atoms with Gasteiger partial charge in [0.2, 0.25) is 0 Å². The zero-order chi connectivity index (χ0) is 17.3. The van der Waals surface area contributed by atoms with Crippen LogP contribution in [0.25, 0.3) is 11.0 Å². The van der Waals surface area contributed by atoms with E-state index >= 15 is 0 Å². The number of carbonyl (C=O) groups is 1. The van der Waals surface area contributed by atoms with Crippen molar-refractivity contribution in [2.45, 2.75) is 25.9 Å². The number of Topliss-reactive ketones (excluding diaryl/α,β-unsaturated/α-hetero) is 1. The van der Waals surface area contributed by atoms with Crippen LogP contribution in [-0.2, 0) is 4.79 Å². The van der Waals surface area contributed by atoms with Gasteiger partial charge in [-0.25, -0.2) is 4.98 Å². The number of ketones is 1. The summed E-state index contributed by atoms with van der Waals surface area (Å²) in [4.78, 5) is 22.2. The summed E-state index contributed by atoms with van der Waals surface area (Å²) >= 11 is 7.91. The Morgan fingerprint density at radius 1 is 1.27 bits per heavy atom. The minimum atomic E-state index is -0.322. The van der Waals surface area contributed by atoms with Gasteiger partial charge in [0.25, 0.3) is 0 Å². The second-order valence-corrected chi connectivity index (χ2v) is 8.43. The first-order chi connectivity index (χ1) is 11.3. The van der Waals surface area contributed by atoms with Crippen LogP contribution >= 0.6 is 48.2 Å². The van der Waals surface area contributed by atoms with Crippen molar-refractivity contribution in [2.24, 2.45) is 5.41 Å². The van der Waals surface area contributed by atoms with Crippen LogP contribution in [0.5, 0.6) is 0 Å². The summed E-state index contributed by atoms with van der Waals surface area (Å²) in [6, 6.07) is 3.96. The molecule has 146 valence electrons. The quantitative estimate of drug-likeness (QED) is 0.700. The SMILES string of the molecule is CC(C)(C)C(=O)CSc1nc2cc(N3CCNCC3)c(Cl)cc2[nH]1.Cl.Cl. The Labute approximate surface area is 175 Å². The third-order valence-electron chi connectivity index (χ3n) is 4.16. The number of benzene rings is 1. The standard InChI is InChI=1S/C17H23ClN4OS.2ClH/c1-17(2,3)15(23)10-24-16-20-12-8-11(18)14(9-13(12)21-16)22-6-4-19-5-7-22;;/h8-9,19H,4-7,10H2,1-3H3,(H,20,21);2*1H. The maximum absolute atomic E-state index is 12.1. The van der Waals surface area contributed by atoms with Crippen molar-refractivity contribution in [2.75, 3.05) is 36.8 Å². The molecule has 5 nitrogen and oxygen atoms in total. The van der Waals surface area contributed by atoms with Crippen molar-refractivity contribution < 1.29 is 4.79 Å². The molecule has 3 rings (SSSR count). The van der Waals surface area contributed by atoms with E-state index in [-0.39, 0.29) is 36.0 Å². The smallest absolute Gasteiger partial charge is 0.166 e. The van der Waals surface area contributed by atoms with E-state index < -0.39 is 0 Å². The predicted molar refractivity (Wildman–Crippen MR) is 116 cm³/mol. The number of imidazole rings is 1. The van der Waals surface area contributed by atoms with E-state index in [0.29, 0.717) is 5.75 Å². The number of hydrogen-bond acceptors (Lipinski definition) is 5. The second-order valence-electron chi connectivity index (χ2n) is 7.06. The number of aromatic amines is 1. The number of thioether (sulfide) groups is 1. The first kappa shape index (κ1) is 23.4. The van der Waals surface area contributed by atoms with Crippen LogP contribution < -0.4 is 10.2 Å². The van der Waals surface area contributed by atoms with Crippen LogP contribution in [0.3, 0.4) is 0 Å². The zero-order valence-corrected chi connectivity index (χ0v) is 18.3. The number of fused-ring (bicyclic) bond motifs is 1. The maximum Gasteiger partial charge on any atom is 0.166 e. The minimum Gasteiger partial charge on any atom is -0.368 e. The molecular weight excluding hydrogens is 415 g/mol. The molecule has 0 radical (unpaired) electrons. The highest BCUT2D eigenvalue weighted by molar-refractivity contribution is 7.99. The third-order valence-corrected chi connectivity index (χ3v) is 5.34. The van der Waals surface area contributed by atoms with Crippen LogP contribution in [0, 0.1) is 5.41 Å². The summed E-state index contributed by atoms with van der Waals surface area (Å²) in [5, 5.41) is 4.83. The van der Waals surface area contributed by atoms with Gasteiger partial charge in [-0.1, -0.05) is 44.1 Å². The van der Waals surface area contributed by atoms with E-state index in [4.69, 9.17) is 11.6 Å². The summed E-state index contributed by atoms with van der Waals surface area (Å²) in [6.45, 7) is 9.63. The zero-order valence-electron chi connectivity index (χ0n) is 15.1. The molecule has 9 heteroatoms. The molecule has 0 bridgehead atoms. The molecule has 1 aliphatic heterocycles. The van der Waals surface area contributed by atoms with Crippen molar-refractivity contribution >= 4 is 70.7 Å². The fourth-order valence-electron chi connectivity index (χ4n) is 2.56. The highest BCUT2D eigenvalue weighted by Crippen LogP contribution is 2.32. The molecule has 0 spiro atoms. The summed E-state index contributed by atoms with van der Waals surface area (Å²) in [5.74, 6) is 0.634. The van der Waals surface area contributed by atoms with E-state index in [2.05, 4.69) is 20.2 Å². The van der Waals surface area contributed by atoms with Gasteiger partial charge in [-0.3, -0.25) is 4.79 Å². The fourth-order valence-corrected chi connectivity index (χ4v) is 3.89. The van der Waals surface area contributed by atoms with Gasteiger partial charge in [-0.15, -0.1) is 24.8 Å². The monoisotopic (exact) mass is 438 g/mol. The lowest BCUT2D eigenvalue weighted by Gasteiger charge is -2.30. The lowest BCUT2D eigenvalue weighted by Crippen LogP contribution is -2.43. The second kappa shape index (κ2) is 9.51. The Morgan fingerprint density at radius 3 is 2.54 bits per heavy atom. The molecule has 0 atom stereocenters. The summed E-state index contributed by atoms with van der Waals surface area (Å²) in [5.41, 5.74) is 2.50. The van der Waals surface area contributed by atoms with Crippen molar-refractivity contribution in [3.05, 3.63) is 17.2 Å².